The van der Waals surface area contributed by atoms with Crippen molar-refractivity contribution in [2.24, 2.45) is 0 Å². The number of aromatic carboxylic acids is 1. The fourth-order valence-corrected chi connectivity index (χ4v) is 1.46. The molecule has 5 heteroatoms. The Morgan fingerprint density at radius 2 is 2.15 bits per heavy atom. The lowest BCUT2D eigenvalue weighted by Gasteiger charge is -2.01. The average Bonchev–Trinajstić information content (AvgIpc) is 2.04. The van der Waals surface area contributed by atoms with E-state index in [-0.39, 0.29) is 5.69 Å². The van der Waals surface area contributed by atoms with E-state index in [1.54, 1.807) is 17.8 Å². The first-order valence-electron chi connectivity index (χ1n) is 3.83. The van der Waals surface area contributed by atoms with Crippen LogP contribution in [0.3, 0.4) is 0 Å². The van der Waals surface area contributed by atoms with E-state index in [0.29, 0.717) is 5.25 Å². The second-order valence-corrected chi connectivity index (χ2v) is 4.33. The molecular formula is C8H10N2O2S. The number of aromatic nitrogens is 2. The molecule has 0 fully saturated rings. The molecule has 0 aromatic carbocycles. The third-order valence-electron chi connectivity index (χ3n) is 1.22. The van der Waals surface area contributed by atoms with Crippen LogP contribution in [0.25, 0.3) is 0 Å². The van der Waals surface area contributed by atoms with E-state index in [1.165, 1.54) is 6.07 Å². The molecule has 4 nitrogen and oxygen atoms in total. The number of hydrogen-bond donors (Lipinski definition) is 1. The predicted octanol–water partition coefficient (Wildman–Crippen LogP) is 1.68. The summed E-state index contributed by atoms with van der Waals surface area (Å²) in [5.41, 5.74) is -0.0203. The van der Waals surface area contributed by atoms with Gasteiger partial charge in [0.1, 0.15) is 5.03 Å². The number of hydrogen-bond acceptors (Lipinski definition) is 4. The fraction of sp³-hybridized carbons (Fsp3) is 0.375. The maximum Gasteiger partial charge on any atom is 0.356 e. The van der Waals surface area contributed by atoms with Crippen LogP contribution in [0.15, 0.2) is 17.2 Å². The monoisotopic (exact) mass is 198 g/mol. The Morgan fingerprint density at radius 1 is 1.46 bits per heavy atom. The summed E-state index contributed by atoms with van der Waals surface area (Å²) in [5.74, 6) is -1.05. The van der Waals surface area contributed by atoms with Gasteiger partial charge in [0.05, 0.1) is 0 Å². The largest absolute Gasteiger partial charge is 0.476 e. The number of nitrogens with zero attached hydrogens (tertiary/aromatic N) is 2. The molecule has 13 heavy (non-hydrogen) atoms. The van der Waals surface area contributed by atoms with E-state index < -0.39 is 5.97 Å². The average molecular weight is 198 g/mol. The van der Waals surface area contributed by atoms with Gasteiger partial charge in [-0.05, 0) is 12.1 Å². The molecule has 0 aliphatic rings. The summed E-state index contributed by atoms with van der Waals surface area (Å²) in [6.07, 6.45) is 0. The van der Waals surface area contributed by atoms with Gasteiger partial charge in [-0.15, -0.1) is 22.0 Å². The molecule has 0 bridgehead atoms. The molecule has 0 radical (unpaired) electrons. The van der Waals surface area contributed by atoms with E-state index in [9.17, 15) is 4.79 Å². The third kappa shape index (κ3) is 3.02. The minimum absolute atomic E-state index is 0.0203. The molecule has 0 spiro atoms. The number of rotatable bonds is 3. The molecule has 0 aliphatic carbocycles. The summed E-state index contributed by atoms with van der Waals surface area (Å²) >= 11 is 1.55. The van der Waals surface area contributed by atoms with Crippen molar-refractivity contribution in [3.8, 4) is 0 Å². The SMILES string of the molecule is CC(C)Sc1ccc(C(=O)O)nn1. The van der Waals surface area contributed by atoms with Gasteiger partial charge in [0.25, 0.3) is 0 Å². The van der Waals surface area contributed by atoms with Crippen molar-refractivity contribution in [2.75, 3.05) is 0 Å². The summed E-state index contributed by atoms with van der Waals surface area (Å²) in [4.78, 5) is 10.4. The Kier molecular flexibility index (Phi) is 3.25. The van der Waals surface area contributed by atoms with E-state index >= 15 is 0 Å². The number of carbonyl (C=O) groups is 1. The lowest BCUT2D eigenvalue weighted by atomic mass is 10.4. The molecule has 1 N–H and O–H groups in total. The van der Waals surface area contributed by atoms with Crippen molar-refractivity contribution < 1.29 is 9.90 Å². The molecule has 0 amide bonds. The zero-order valence-corrected chi connectivity index (χ0v) is 8.21. The Hall–Kier alpha value is -1.10. The minimum Gasteiger partial charge on any atom is -0.476 e. The quantitative estimate of drug-likeness (QED) is 0.748. The lowest BCUT2D eigenvalue weighted by Crippen LogP contribution is -2.02. The third-order valence-corrected chi connectivity index (χ3v) is 2.15. The molecule has 0 saturated carbocycles. The normalized spacial score (nSPS) is 10.4. The van der Waals surface area contributed by atoms with E-state index in [4.69, 9.17) is 5.11 Å². The van der Waals surface area contributed by atoms with Crippen LogP contribution in [-0.4, -0.2) is 26.5 Å². The molecule has 0 unspecified atom stereocenters. The predicted molar refractivity (Wildman–Crippen MR) is 50.0 cm³/mol. The summed E-state index contributed by atoms with van der Waals surface area (Å²) in [6.45, 7) is 4.08. The summed E-state index contributed by atoms with van der Waals surface area (Å²) in [5, 5.41) is 17.1. The Bertz CT molecular complexity index is 298. The first-order valence-corrected chi connectivity index (χ1v) is 4.71. The highest BCUT2D eigenvalue weighted by molar-refractivity contribution is 7.99. The maximum absolute atomic E-state index is 10.4. The fourth-order valence-electron chi connectivity index (χ4n) is 0.738. The molecule has 70 valence electrons. The van der Waals surface area contributed by atoms with E-state index in [1.807, 2.05) is 13.8 Å². The van der Waals surface area contributed by atoms with Gasteiger partial charge >= 0.3 is 5.97 Å². The van der Waals surface area contributed by atoms with Crippen LogP contribution in [0.4, 0.5) is 0 Å². The van der Waals surface area contributed by atoms with Gasteiger partial charge in [0.15, 0.2) is 5.69 Å². The summed E-state index contributed by atoms with van der Waals surface area (Å²) in [7, 11) is 0. The highest BCUT2D eigenvalue weighted by Gasteiger charge is 2.05. The van der Waals surface area contributed by atoms with Crippen LogP contribution in [0.5, 0.6) is 0 Å². The molecular weight excluding hydrogens is 188 g/mol. The number of thioether (sulfide) groups is 1. The first kappa shape index (κ1) is 9.98. The van der Waals surface area contributed by atoms with Crippen LogP contribution in [0.1, 0.15) is 24.3 Å². The molecule has 0 aliphatic heterocycles. The summed E-state index contributed by atoms with van der Waals surface area (Å²) < 4.78 is 0. The van der Waals surface area contributed by atoms with Crippen molar-refractivity contribution in [1.29, 1.82) is 0 Å². The van der Waals surface area contributed by atoms with Crippen LogP contribution in [-0.2, 0) is 0 Å². The van der Waals surface area contributed by atoms with Crippen molar-refractivity contribution in [1.82, 2.24) is 10.2 Å². The Morgan fingerprint density at radius 3 is 2.54 bits per heavy atom. The van der Waals surface area contributed by atoms with Crippen molar-refractivity contribution in [2.45, 2.75) is 24.1 Å². The number of carboxylic acids is 1. The van der Waals surface area contributed by atoms with Crippen LogP contribution in [0, 0.1) is 0 Å². The van der Waals surface area contributed by atoms with Gasteiger partial charge in [0.2, 0.25) is 0 Å². The van der Waals surface area contributed by atoms with Crippen molar-refractivity contribution in [3.63, 3.8) is 0 Å². The zero-order valence-electron chi connectivity index (χ0n) is 7.39. The van der Waals surface area contributed by atoms with Crippen molar-refractivity contribution in [3.05, 3.63) is 17.8 Å². The van der Waals surface area contributed by atoms with E-state index in [2.05, 4.69) is 10.2 Å². The Labute approximate surface area is 80.4 Å². The standard InChI is InChI=1S/C8H10N2O2S/c1-5(2)13-7-4-3-6(8(11)12)9-10-7/h3-5H,1-2H3,(H,11,12). The van der Waals surface area contributed by atoms with Gasteiger partial charge in [0, 0.05) is 5.25 Å². The van der Waals surface area contributed by atoms with Gasteiger partial charge in [-0.2, -0.15) is 0 Å². The summed E-state index contributed by atoms with van der Waals surface area (Å²) in [6, 6.07) is 3.13. The van der Waals surface area contributed by atoms with Gasteiger partial charge in [-0.25, -0.2) is 4.79 Å². The van der Waals surface area contributed by atoms with Crippen molar-refractivity contribution >= 4 is 17.7 Å². The molecule has 0 saturated heterocycles. The first-order chi connectivity index (χ1) is 6.09. The maximum atomic E-state index is 10.4. The van der Waals surface area contributed by atoms with E-state index in [0.717, 1.165) is 5.03 Å². The second kappa shape index (κ2) is 4.23. The molecule has 1 aromatic rings. The van der Waals surface area contributed by atoms with Crippen LogP contribution in [0.2, 0.25) is 0 Å². The van der Waals surface area contributed by atoms with Gasteiger partial charge < -0.3 is 5.11 Å². The minimum atomic E-state index is -1.05. The lowest BCUT2D eigenvalue weighted by molar-refractivity contribution is 0.0689. The van der Waals surface area contributed by atoms with Gasteiger partial charge in [-0.1, -0.05) is 13.8 Å². The Balaban J connectivity index is 2.75. The molecule has 1 aromatic heterocycles. The molecule has 1 rings (SSSR count). The zero-order chi connectivity index (χ0) is 9.84. The van der Waals surface area contributed by atoms with Crippen LogP contribution < -0.4 is 0 Å². The number of carboxylic acid groups (broad SMARTS) is 1. The molecule has 0 atom stereocenters. The smallest absolute Gasteiger partial charge is 0.356 e. The van der Waals surface area contributed by atoms with Gasteiger partial charge in [-0.3, -0.25) is 0 Å². The molecule has 1 heterocycles. The van der Waals surface area contributed by atoms with Crippen LogP contribution >= 0.6 is 11.8 Å². The topological polar surface area (TPSA) is 63.1 Å². The second-order valence-electron chi connectivity index (χ2n) is 2.73. The highest BCUT2D eigenvalue weighted by atomic mass is 32.2. The highest BCUT2D eigenvalue weighted by Crippen LogP contribution is 2.19.